The van der Waals surface area contributed by atoms with Gasteiger partial charge in [-0.25, -0.2) is 15.1 Å². The summed E-state index contributed by atoms with van der Waals surface area (Å²) < 4.78 is 4.63. The van der Waals surface area contributed by atoms with Gasteiger partial charge in [-0.05, 0) is 19.1 Å². The van der Waals surface area contributed by atoms with Crippen molar-refractivity contribution < 1.29 is 19.1 Å². The van der Waals surface area contributed by atoms with Crippen LogP contribution in [-0.4, -0.2) is 30.4 Å². The molecule has 7 heteroatoms. The van der Waals surface area contributed by atoms with Gasteiger partial charge in [0.25, 0.3) is 11.8 Å². The molecule has 0 bridgehead atoms. The molecule has 108 valence electrons. The summed E-state index contributed by atoms with van der Waals surface area (Å²) >= 11 is 0. The number of benzene rings is 1. The van der Waals surface area contributed by atoms with Crippen molar-refractivity contribution in [2.24, 2.45) is 0 Å². The van der Waals surface area contributed by atoms with Crippen LogP contribution in [0.5, 0.6) is 0 Å². The highest BCUT2D eigenvalue weighted by Crippen LogP contribution is 2.37. The predicted molar refractivity (Wildman–Crippen MR) is 72.7 cm³/mol. The second kappa shape index (κ2) is 4.42. The molecule has 1 aromatic rings. The van der Waals surface area contributed by atoms with Crippen LogP contribution in [0.1, 0.15) is 6.92 Å². The van der Waals surface area contributed by atoms with E-state index in [4.69, 9.17) is 0 Å². The Morgan fingerprint density at radius 3 is 2.52 bits per heavy atom. The number of hydrogen-bond acceptors (Lipinski definition) is 6. The number of hydrogen-bond donors (Lipinski definition) is 2. The number of nitrogens with zero attached hydrogens (tertiary/aromatic N) is 1. The van der Waals surface area contributed by atoms with Gasteiger partial charge < -0.3 is 10.2 Å². The SMILES string of the molecule is COC(=O)C1=C2C(=O)N(c3ccccc3)C(=O)[C@]2(C)NN1. The topological polar surface area (TPSA) is 87.7 Å². The fourth-order valence-electron chi connectivity index (χ4n) is 2.54. The van der Waals surface area contributed by atoms with Gasteiger partial charge in [0.05, 0.1) is 18.4 Å². The lowest BCUT2D eigenvalue weighted by Gasteiger charge is -2.20. The molecule has 2 aliphatic heterocycles. The van der Waals surface area contributed by atoms with Gasteiger partial charge in [0.15, 0.2) is 0 Å². The van der Waals surface area contributed by atoms with E-state index in [0.717, 1.165) is 4.90 Å². The molecule has 21 heavy (non-hydrogen) atoms. The van der Waals surface area contributed by atoms with Gasteiger partial charge in [-0.1, -0.05) is 18.2 Å². The summed E-state index contributed by atoms with van der Waals surface area (Å²) in [6, 6.07) is 8.56. The molecule has 1 fully saturated rings. The molecule has 2 aliphatic rings. The molecule has 2 N–H and O–H groups in total. The number of carbonyl (C=O) groups is 3. The monoisotopic (exact) mass is 287 g/mol. The summed E-state index contributed by atoms with van der Waals surface area (Å²) in [4.78, 5) is 38.0. The predicted octanol–water partition coefficient (Wildman–Crippen LogP) is -0.147. The van der Waals surface area contributed by atoms with Crippen LogP contribution in [0.2, 0.25) is 0 Å². The Kier molecular flexibility index (Phi) is 2.80. The highest BCUT2D eigenvalue weighted by molar-refractivity contribution is 6.34. The van der Waals surface area contributed by atoms with E-state index in [1.807, 2.05) is 0 Å². The van der Waals surface area contributed by atoms with E-state index in [1.54, 1.807) is 37.3 Å². The van der Waals surface area contributed by atoms with Crippen LogP contribution in [0.15, 0.2) is 41.6 Å². The number of nitrogens with one attached hydrogen (secondary N) is 2. The molecular formula is C14H13N3O4. The van der Waals surface area contributed by atoms with E-state index >= 15 is 0 Å². The van der Waals surface area contributed by atoms with Crippen molar-refractivity contribution >= 4 is 23.5 Å². The van der Waals surface area contributed by atoms with Crippen LogP contribution in [0.4, 0.5) is 5.69 Å². The van der Waals surface area contributed by atoms with E-state index < -0.39 is 23.3 Å². The lowest BCUT2D eigenvalue weighted by Crippen LogP contribution is -2.51. The minimum atomic E-state index is -1.28. The first-order chi connectivity index (χ1) is 10.0. The molecule has 1 atom stereocenters. The Bertz CT molecular complexity index is 683. The molecule has 0 aliphatic carbocycles. The van der Waals surface area contributed by atoms with Crippen molar-refractivity contribution in [1.29, 1.82) is 0 Å². The number of methoxy groups -OCH3 is 1. The largest absolute Gasteiger partial charge is 0.464 e. The fraction of sp³-hybridized carbons (Fsp3) is 0.214. The standard InChI is InChI=1S/C14H13N3O4/c1-14-9(10(15-16-14)12(19)21-2)11(18)17(13(14)20)8-6-4-3-5-7-8/h3-7,15-16H,1-2H3/t14-/m1/s1. The minimum Gasteiger partial charge on any atom is -0.464 e. The third-order valence-electron chi connectivity index (χ3n) is 3.64. The maximum Gasteiger partial charge on any atom is 0.356 e. The lowest BCUT2D eigenvalue weighted by molar-refractivity contribution is -0.137. The highest BCUT2D eigenvalue weighted by Gasteiger charge is 2.58. The summed E-state index contributed by atoms with van der Waals surface area (Å²) in [6.07, 6.45) is 0. The summed E-state index contributed by atoms with van der Waals surface area (Å²) in [5, 5.41) is 0. The fourth-order valence-corrected chi connectivity index (χ4v) is 2.54. The highest BCUT2D eigenvalue weighted by atomic mass is 16.5. The number of amides is 2. The number of anilines is 1. The Hall–Kier alpha value is -2.67. The molecule has 0 aromatic heterocycles. The van der Waals surface area contributed by atoms with Gasteiger partial charge in [0, 0.05) is 0 Å². The van der Waals surface area contributed by atoms with Crippen molar-refractivity contribution in [2.45, 2.75) is 12.5 Å². The van der Waals surface area contributed by atoms with Gasteiger partial charge >= 0.3 is 5.97 Å². The second-order valence-electron chi connectivity index (χ2n) is 4.90. The average Bonchev–Trinajstić information content (AvgIpc) is 2.94. The van der Waals surface area contributed by atoms with Crippen molar-refractivity contribution in [3.63, 3.8) is 0 Å². The van der Waals surface area contributed by atoms with Gasteiger partial charge in [0.1, 0.15) is 11.2 Å². The van der Waals surface area contributed by atoms with Gasteiger partial charge in [0.2, 0.25) is 0 Å². The van der Waals surface area contributed by atoms with Crippen molar-refractivity contribution in [3.05, 3.63) is 41.6 Å². The van der Waals surface area contributed by atoms with Crippen LogP contribution >= 0.6 is 0 Å². The van der Waals surface area contributed by atoms with Gasteiger partial charge in [-0.15, -0.1) is 0 Å². The Labute approximate surface area is 120 Å². The van der Waals surface area contributed by atoms with E-state index in [-0.39, 0.29) is 11.3 Å². The number of carbonyl (C=O) groups excluding carboxylic acids is 3. The molecule has 2 heterocycles. The van der Waals surface area contributed by atoms with E-state index in [0.29, 0.717) is 5.69 Å². The number of imide groups is 1. The molecule has 0 saturated carbocycles. The second-order valence-corrected chi connectivity index (χ2v) is 4.90. The molecule has 2 amide bonds. The van der Waals surface area contributed by atoms with Crippen molar-refractivity contribution in [2.75, 3.05) is 12.0 Å². The number of ether oxygens (including phenoxy) is 1. The van der Waals surface area contributed by atoms with Crippen LogP contribution in [0, 0.1) is 0 Å². The van der Waals surface area contributed by atoms with Crippen molar-refractivity contribution in [1.82, 2.24) is 10.9 Å². The molecule has 1 aromatic carbocycles. The molecule has 7 nitrogen and oxygen atoms in total. The first-order valence-electron chi connectivity index (χ1n) is 6.31. The van der Waals surface area contributed by atoms with Crippen LogP contribution in [-0.2, 0) is 19.1 Å². The van der Waals surface area contributed by atoms with Gasteiger partial charge in [-0.3, -0.25) is 9.59 Å². The Morgan fingerprint density at radius 1 is 1.24 bits per heavy atom. The summed E-state index contributed by atoms with van der Waals surface area (Å²) in [5.41, 5.74) is 4.49. The Balaban J connectivity index is 2.13. The maximum absolute atomic E-state index is 12.6. The average molecular weight is 287 g/mol. The zero-order chi connectivity index (χ0) is 15.2. The zero-order valence-electron chi connectivity index (χ0n) is 11.5. The number of rotatable bonds is 2. The third kappa shape index (κ3) is 1.67. The number of fused-ring (bicyclic) bond motifs is 1. The van der Waals surface area contributed by atoms with Crippen LogP contribution < -0.4 is 15.8 Å². The molecule has 0 unspecified atom stereocenters. The number of para-hydroxylation sites is 1. The van der Waals surface area contributed by atoms with E-state index in [2.05, 4.69) is 15.6 Å². The minimum absolute atomic E-state index is 0.0308. The number of hydrazine groups is 1. The zero-order valence-corrected chi connectivity index (χ0v) is 11.5. The van der Waals surface area contributed by atoms with Crippen LogP contribution in [0.25, 0.3) is 0 Å². The first kappa shape index (κ1) is 13.3. The quantitative estimate of drug-likeness (QED) is 0.581. The maximum atomic E-state index is 12.6. The molecule has 1 saturated heterocycles. The molecule has 0 spiro atoms. The normalized spacial score (nSPS) is 24.2. The van der Waals surface area contributed by atoms with E-state index in [1.165, 1.54) is 7.11 Å². The van der Waals surface area contributed by atoms with Crippen molar-refractivity contribution in [3.8, 4) is 0 Å². The molecule has 0 radical (unpaired) electrons. The smallest absolute Gasteiger partial charge is 0.356 e. The summed E-state index contributed by atoms with van der Waals surface area (Å²) in [7, 11) is 1.21. The summed E-state index contributed by atoms with van der Waals surface area (Å²) in [5.74, 6) is -1.68. The molecule has 3 rings (SSSR count). The summed E-state index contributed by atoms with van der Waals surface area (Å²) in [6.45, 7) is 1.55. The third-order valence-corrected chi connectivity index (χ3v) is 3.64. The first-order valence-corrected chi connectivity index (χ1v) is 6.31. The van der Waals surface area contributed by atoms with E-state index in [9.17, 15) is 14.4 Å². The lowest BCUT2D eigenvalue weighted by atomic mass is 9.95. The Morgan fingerprint density at radius 2 is 1.90 bits per heavy atom. The van der Waals surface area contributed by atoms with Gasteiger partial charge in [-0.2, -0.15) is 0 Å². The van der Waals surface area contributed by atoms with Crippen LogP contribution in [0.3, 0.4) is 0 Å². The molecular weight excluding hydrogens is 274 g/mol. The number of esters is 1.